The third-order valence-electron chi connectivity index (χ3n) is 2.78. The van der Waals surface area contributed by atoms with Crippen LogP contribution in [0.25, 0.3) is 0 Å². The van der Waals surface area contributed by atoms with Crippen molar-refractivity contribution >= 4 is 5.78 Å². The van der Waals surface area contributed by atoms with Gasteiger partial charge in [-0.05, 0) is 19.5 Å². The van der Waals surface area contributed by atoms with Crippen LogP contribution in [-0.2, 0) is 4.79 Å². The molecule has 0 amide bonds. The van der Waals surface area contributed by atoms with E-state index in [-0.39, 0.29) is 17.7 Å². The van der Waals surface area contributed by atoms with Crippen LogP contribution in [0.5, 0.6) is 0 Å². The second-order valence-corrected chi connectivity index (χ2v) is 3.41. The zero-order valence-corrected chi connectivity index (χ0v) is 6.90. The predicted molar refractivity (Wildman–Crippen MR) is 43.2 cm³/mol. The maximum atomic E-state index is 11.4. The van der Waals surface area contributed by atoms with Crippen LogP contribution < -0.4 is 0 Å². The van der Waals surface area contributed by atoms with E-state index >= 15 is 0 Å². The number of rotatable bonds is 0. The minimum atomic E-state index is -0.176. The van der Waals surface area contributed by atoms with Gasteiger partial charge in [0, 0.05) is 6.04 Å². The molecule has 3 nitrogen and oxygen atoms in total. The fourth-order valence-corrected chi connectivity index (χ4v) is 2.09. The highest BCUT2D eigenvalue weighted by atomic mass is 16.1. The topological polar surface area (TPSA) is 44.1 Å². The molecule has 2 aliphatic rings. The molecule has 1 saturated heterocycles. The average molecular weight is 162 g/mol. The molecular formula is C9H10N2O. The van der Waals surface area contributed by atoms with Gasteiger partial charge >= 0.3 is 0 Å². The van der Waals surface area contributed by atoms with E-state index in [9.17, 15) is 4.79 Å². The summed E-state index contributed by atoms with van der Waals surface area (Å²) in [5.74, 6) is -0.0275. The first-order valence-corrected chi connectivity index (χ1v) is 4.07. The molecule has 0 spiro atoms. The third-order valence-corrected chi connectivity index (χ3v) is 2.78. The van der Waals surface area contributed by atoms with Gasteiger partial charge in [-0.3, -0.25) is 9.69 Å². The smallest absolute Gasteiger partial charge is 0.173 e. The molecular weight excluding hydrogens is 152 g/mol. The molecule has 12 heavy (non-hydrogen) atoms. The number of carbonyl (C=O) groups is 1. The van der Waals surface area contributed by atoms with Crippen molar-refractivity contribution in [2.45, 2.75) is 18.5 Å². The number of likely N-dealkylation sites (N-methyl/N-ethyl adjacent to an activating group) is 1. The van der Waals surface area contributed by atoms with Crippen LogP contribution in [-0.4, -0.2) is 29.8 Å². The first-order chi connectivity index (χ1) is 5.74. The Hall–Kier alpha value is -1.14. The second kappa shape index (κ2) is 2.43. The van der Waals surface area contributed by atoms with Crippen molar-refractivity contribution in [3.8, 4) is 6.07 Å². The Kier molecular flexibility index (Phi) is 1.52. The van der Waals surface area contributed by atoms with E-state index in [0.29, 0.717) is 6.04 Å². The molecule has 2 rings (SSSR count). The summed E-state index contributed by atoms with van der Waals surface area (Å²) in [6, 6.07) is 2.32. The maximum Gasteiger partial charge on any atom is 0.173 e. The number of hydrogen-bond acceptors (Lipinski definition) is 3. The van der Waals surface area contributed by atoms with Gasteiger partial charge in [-0.25, -0.2) is 0 Å². The minimum Gasteiger partial charge on any atom is -0.293 e. The lowest BCUT2D eigenvalue weighted by molar-refractivity contribution is -0.119. The lowest BCUT2D eigenvalue weighted by Gasteiger charge is -2.25. The second-order valence-electron chi connectivity index (χ2n) is 3.41. The van der Waals surface area contributed by atoms with Crippen molar-refractivity contribution in [3.05, 3.63) is 12.2 Å². The van der Waals surface area contributed by atoms with Crippen molar-refractivity contribution in [1.82, 2.24) is 4.90 Å². The third kappa shape index (κ3) is 0.819. The highest BCUT2D eigenvalue weighted by Crippen LogP contribution is 2.32. The predicted octanol–water partition coefficient (Wildman–Crippen LogP) is 0.338. The lowest BCUT2D eigenvalue weighted by Crippen LogP contribution is -2.41. The molecule has 0 saturated carbocycles. The molecule has 0 aliphatic carbocycles. The van der Waals surface area contributed by atoms with Gasteiger partial charge in [-0.2, -0.15) is 5.26 Å². The molecule has 2 bridgehead atoms. The summed E-state index contributed by atoms with van der Waals surface area (Å²) in [4.78, 5) is 13.3. The fraction of sp³-hybridized carbons (Fsp3) is 0.556. The number of carbonyl (C=O) groups excluding carboxylic acids is 1. The summed E-state index contributed by atoms with van der Waals surface area (Å²) in [5, 5.41) is 8.79. The minimum absolute atomic E-state index is 0.0813. The van der Waals surface area contributed by atoms with Crippen LogP contribution in [0.1, 0.15) is 6.42 Å². The highest BCUT2D eigenvalue weighted by Gasteiger charge is 2.43. The van der Waals surface area contributed by atoms with Gasteiger partial charge < -0.3 is 0 Å². The molecule has 2 aliphatic heterocycles. The molecule has 62 valence electrons. The van der Waals surface area contributed by atoms with Crippen molar-refractivity contribution in [1.29, 1.82) is 5.26 Å². The molecule has 3 atom stereocenters. The van der Waals surface area contributed by atoms with Gasteiger partial charge in [0.25, 0.3) is 0 Å². The van der Waals surface area contributed by atoms with E-state index in [4.69, 9.17) is 5.26 Å². The largest absolute Gasteiger partial charge is 0.293 e. The lowest BCUT2D eigenvalue weighted by atomic mass is 9.99. The van der Waals surface area contributed by atoms with E-state index < -0.39 is 0 Å². The summed E-state index contributed by atoms with van der Waals surface area (Å²) < 4.78 is 0. The molecule has 0 radical (unpaired) electrons. The summed E-state index contributed by atoms with van der Waals surface area (Å²) in [6.45, 7) is 0. The Morgan fingerprint density at radius 3 is 3.17 bits per heavy atom. The average Bonchev–Trinajstić information content (AvgIpc) is 2.26. The molecule has 3 heteroatoms. The number of ketones is 1. The van der Waals surface area contributed by atoms with Crippen molar-refractivity contribution in [2.24, 2.45) is 5.92 Å². The summed E-state index contributed by atoms with van der Waals surface area (Å²) in [6.07, 6.45) is 4.32. The molecule has 0 aromatic carbocycles. The van der Waals surface area contributed by atoms with Gasteiger partial charge in [0.2, 0.25) is 0 Å². The quantitative estimate of drug-likeness (QED) is 0.516. The van der Waals surface area contributed by atoms with Gasteiger partial charge in [-0.15, -0.1) is 0 Å². The Balaban J connectivity index is 2.36. The maximum absolute atomic E-state index is 11.4. The monoisotopic (exact) mass is 162 g/mol. The Morgan fingerprint density at radius 1 is 1.75 bits per heavy atom. The van der Waals surface area contributed by atoms with Gasteiger partial charge in [0.05, 0.1) is 18.0 Å². The highest BCUT2D eigenvalue weighted by molar-refractivity contribution is 5.96. The standard InChI is InChI=1S/C9H10N2O/c1-11-7-2-3-8(12)9(11)6(4-7)5-10/h2-3,6-7,9H,4H2,1H3/t6-,7-,9-/m0/s1. The molecule has 2 heterocycles. The van der Waals surface area contributed by atoms with Crippen LogP contribution in [0.4, 0.5) is 0 Å². The number of fused-ring (bicyclic) bond motifs is 2. The van der Waals surface area contributed by atoms with Gasteiger partial charge in [0.1, 0.15) is 0 Å². The van der Waals surface area contributed by atoms with Gasteiger partial charge in [-0.1, -0.05) is 6.08 Å². The first kappa shape index (κ1) is 7.51. The number of nitriles is 1. The van der Waals surface area contributed by atoms with E-state index in [2.05, 4.69) is 6.07 Å². The molecule has 0 unspecified atom stereocenters. The fourth-order valence-electron chi connectivity index (χ4n) is 2.09. The molecule has 1 fully saturated rings. The Labute approximate surface area is 71.3 Å². The normalized spacial score (nSPS) is 40.0. The van der Waals surface area contributed by atoms with Crippen molar-refractivity contribution < 1.29 is 4.79 Å². The van der Waals surface area contributed by atoms with Crippen LogP contribution in [0.15, 0.2) is 12.2 Å². The number of hydrogen-bond donors (Lipinski definition) is 0. The Bertz CT molecular complexity index is 289. The van der Waals surface area contributed by atoms with E-state index in [1.807, 2.05) is 18.0 Å². The summed E-state index contributed by atoms with van der Waals surface area (Å²) >= 11 is 0. The van der Waals surface area contributed by atoms with Crippen LogP contribution >= 0.6 is 0 Å². The first-order valence-electron chi connectivity index (χ1n) is 4.07. The SMILES string of the molecule is CN1[C@@H]2C(=O)C=C[C@H]1C[C@H]2C#N. The zero-order chi connectivity index (χ0) is 8.72. The van der Waals surface area contributed by atoms with Crippen molar-refractivity contribution in [3.63, 3.8) is 0 Å². The van der Waals surface area contributed by atoms with E-state index in [1.54, 1.807) is 6.08 Å². The summed E-state index contributed by atoms with van der Waals surface area (Å²) in [5.41, 5.74) is 0. The van der Waals surface area contributed by atoms with E-state index in [1.165, 1.54) is 0 Å². The van der Waals surface area contributed by atoms with E-state index in [0.717, 1.165) is 6.42 Å². The molecule has 0 N–H and O–H groups in total. The zero-order valence-electron chi connectivity index (χ0n) is 6.90. The number of nitrogens with zero attached hydrogens (tertiary/aromatic N) is 2. The Morgan fingerprint density at radius 2 is 2.50 bits per heavy atom. The van der Waals surface area contributed by atoms with Crippen LogP contribution in [0.2, 0.25) is 0 Å². The van der Waals surface area contributed by atoms with Gasteiger partial charge in [0.15, 0.2) is 5.78 Å². The molecule has 0 aromatic rings. The summed E-state index contributed by atoms with van der Waals surface area (Å²) in [7, 11) is 1.91. The molecule has 0 aromatic heterocycles. The van der Waals surface area contributed by atoms with Crippen LogP contribution in [0, 0.1) is 17.2 Å². The van der Waals surface area contributed by atoms with Crippen LogP contribution in [0.3, 0.4) is 0 Å². The van der Waals surface area contributed by atoms with Crippen molar-refractivity contribution in [2.75, 3.05) is 7.05 Å².